The fraction of sp³-hybridized carbons (Fsp3) is 0.121. The first-order valence-corrected chi connectivity index (χ1v) is 14.0. The van der Waals surface area contributed by atoms with E-state index in [1.54, 1.807) is 30.7 Å². The average Bonchev–Trinajstić information content (AvgIpc) is 3.50. The molecule has 2 N–H and O–H groups in total. The van der Waals surface area contributed by atoms with E-state index in [9.17, 15) is 9.90 Å². The molecule has 1 heterocycles. The molecule has 0 bridgehead atoms. The molecule has 5 rings (SSSR count). The second kappa shape index (κ2) is 13.0. The van der Waals surface area contributed by atoms with Gasteiger partial charge in [-0.05, 0) is 28.8 Å². The zero-order chi connectivity index (χ0) is 29.4. The number of hydrogen-bond donors (Lipinski definition) is 2. The molecule has 8 nitrogen and oxygen atoms in total. The van der Waals surface area contributed by atoms with Crippen LogP contribution in [-0.2, 0) is 21.8 Å². The van der Waals surface area contributed by atoms with Crippen molar-refractivity contribution in [1.82, 2.24) is 4.98 Å². The van der Waals surface area contributed by atoms with Gasteiger partial charge in [-0.25, -0.2) is 9.78 Å². The maximum atomic E-state index is 12.2. The van der Waals surface area contributed by atoms with E-state index in [4.69, 9.17) is 14.3 Å². The molecule has 0 amide bonds. The van der Waals surface area contributed by atoms with Gasteiger partial charge in [0.2, 0.25) is 5.71 Å². The number of oxime groups is 1. The van der Waals surface area contributed by atoms with Crippen molar-refractivity contribution in [1.29, 1.82) is 0 Å². The lowest BCUT2D eigenvalue weighted by Gasteiger charge is -2.36. The van der Waals surface area contributed by atoms with Crippen LogP contribution in [0.15, 0.2) is 120 Å². The Morgan fingerprint density at radius 2 is 1.43 bits per heavy atom. The number of carboxylic acid groups (broad SMARTS) is 1. The maximum Gasteiger partial charge on any atom is 0.360 e. The number of hydrogen-bond acceptors (Lipinski definition) is 8. The van der Waals surface area contributed by atoms with Crippen LogP contribution in [0.5, 0.6) is 11.5 Å². The zero-order valence-electron chi connectivity index (χ0n) is 23.1. The predicted octanol–water partition coefficient (Wildman–Crippen LogP) is 6.57. The highest BCUT2D eigenvalue weighted by atomic mass is 32.1. The minimum atomic E-state index is -1.26. The molecule has 0 aliphatic heterocycles. The Morgan fingerprint density at radius 3 is 1.93 bits per heavy atom. The van der Waals surface area contributed by atoms with Crippen LogP contribution in [0.1, 0.15) is 27.9 Å². The molecule has 42 heavy (non-hydrogen) atoms. The molecule has 0 spiro atoms. The van der Waals surface area contributed by atoms with Gasteiger partial charge >= 0.3 is 5.97 Å². The van der Waals surface area contributed by atoms with Crippen molar-refractivity contribution in [3.05, 3.63) is 143 Å². The van der Waals surface area contributed by atoms with Gasteiger partial charge in [0.05, 0.1) is 14.2 Å². The van der Waals surface area contributed by atoms with E-state index in [0.717, 1.165) is 16.7 Å². The quantitative estimate of drug-likeness (QED) is 0.0979. The van der Waals surface area contributed by atoms with Crippen LogP contribution in [0.4, 0.5) is 5.13 Å². The molecule has 0 saturated carbocycles. The van der Waals surface area contributed by atoms with Crippen molar-refractivity contribution in [3.8, 4) is 11.5 Å². The number of aromatic nitrogens is 1. The predicted molar refractivity (Wildman–Crippen MR) is 163 cm³/mol. The lowest BCUT2D eigenvalue weighted by molar-refractivity contribution is -0.129. The summed E-state index contributed by atoms with van der Waals surface area (Å²) >= 11 is 1.29. The van der Waals surface area contributed by atoms with E-state index in [1.165, 1.54) is 18.4 Å². The molecule has 212 valence electrons. The van der Waals surface area contributed by atoms with Gasteiger partial charge in [0, 0.05) is 17.0 Å². The largest absolute Gasteiger partial charge is 0.497 e. The number of carbonyl (C=O) groups is 1. The summed E-state index contributed by atoms with van der Waals surface area (Å²) in [5.41, 5.74) is 2.76. The van der Waals surface area contributed by atoms with Gasteiger partial charge in [-0.15, -0.1) is 11.3 Å². The Labute approximate surface area is 247 Å². The number of benzene rings is 4. The molecule has 9 heteroatoms. The van der Waals surface area contributed by atoms with Gasteiger partial charge in [-0.1, -0.05) is 96.2 Å². The second-order valence-electron chi connectivity index (χ2n) is 9.21. The Morgan fingerprint density at radius 1 is 0.857 bits per heavy atom. The topological polar surface area (TPSA) is 102 Å². The summed E-state index contributed by atoms with van der Waals surface area (Å²) in [5, 5.41) is 19.7. The van der Waals surface area contributed by atoms with Crippen LogP contribution < -0.4 is 14.8 Å². The molecule has 4 aromatic carbocycles. The number of methoxy groups -OCH3 is 2. The van der Waals surface area contributed by atoms with Crippen molar-refractivity contribution in [2.75, 3.05) is 19.5 Å². The molecule has 5 aromatic rings. The standard InChI is InChI=1S/C33H29N3O5S/c1-39-27-19-18-23(29(20-27)40-2)21-41-36-30(31(37)38)28-22-42-32(34-28)35-33(24-12-6-3-7-13-24,25-14-8-4-9-15-25)26-16-10-5-11-17-26/h3-20,22H,21H2,1-2H3,(H,34,35)(H,37,38). The van der Waals surface area contributed by atoms with Crippen molar-refractivity contribution in [3.63, 3.8) is 0 Å². The number of nitrogens with zero attached hydrogens (tertiary/aromatic N) is 2. The third-order valence-corrected chi connectivity index (χ3v) is 7.49. The fourth-order valence-corrected chi connectivity index (χ4v) is 5.46. The number of rotatable bonds is 12. The monoisotopic (exact) mass is 579 g/mol. The summed E-state index contributed by atoms with van der Waals surface area (Å²) < 4.78 is 10.6. The first-order valence-electron chi connectivity index (χ1n) is 13.1. The van der Waals surface area contributed by atoms with Gasteiger partial charge in [-0.3, -0.25) is 0 Å². The lowest BCUT2D eigenvalue weighted by Crippen LogP contribution is -2.38. The number of nitrogens with one attached hydrogen (secondary N) is 1. The molecular weight excluding hydrogens is 550 g/mol. The highest BCUT2D eigenvalue weighted by molar-refractivity contribution is 7.14. The average molecular weight is 580 g/mol. The summed E-state index contributed by atoms with van der Waals surface area (Å²) in [6, 6.07) is 35.5. The van der Waals surface area contributed by atoms with Crippen LogP contribution >= 0.6 is 11.3 Å². The Hall–Kier alpha value is -5.15. The van der Waals surface area contributed by atoms with E-state index in [0.29, 0.717) is 22.2 Å². The van der Waals surface area contributed by atoms with Gasteiger partial charge in [0.1, 0.15) is 29.3 Å². The van der Waals surface area contributed by atoms with E-state index in [-0.39, 0.29) is 18.0 Å². The summed E-state index contributed by atoms with van der Waals surface area (Å²) in [5.74, 6) is -0.0833. The van der Waals surface area contributed by atoms with Crippen LogP contribution in [0.25, 0.3) is 0 Å². The Kier molecular flexibility index (Phi) is 8.79. The number of anilines is 1. The molecular formula is C33H29N3O5S. The van der Waals surface area contributed by atoms with E-state index in [2.05, 4.69) is 51.9 Å². The molecule has 0 aliphatic rings. The van der Waals surface area contributed by atoms with Crippen molar-refractivity contribution in [2.24, 2.45) is 5.16 Å². The summed E-state index contributed by atoms with van der Waals surface area (Å²) in [7, 11) is 3.10. The molecule has 0 saturated heterocycles. The highest BCUT2D eigenvalue weighted by Crippen LogP contribution is 2.40. The van der Waals surface area contributed by atoms with E-state index < -0.39 is 11.5 Å². The SMILES string of the molecule is COc1ccc(CON=C(C(=O)O)c2csc(NC(c3ccccc3)(c3ccccc3)c3ccccc3)n2)c(OC)c1. The smallest absolute Gasteiger partial charge is 0.360 e. The summed E-state index contributed by atoms with van der Waals surface area (Å²) in [4.78, 5) is 22.3. The highest BCUT2D eigenvalue weighted by Gasteiger charge is 2.37. The van der Waals surface area contributed by atoms with Crippen LogP contribution in [0.2, 0.25) is 0 Å². The maximum absolute atomic E-state index is 12.2. The Bertz CT molecular complexity index is 1560. The number of thiazole rings is 1. The number of aliphatic carboxylic acids is 1. The first kappa shape index (κ1) is 28.4. The molecule has 0 radical (unpaired) electrons. The van der Waals surface area contributed by atoms with Gasteiger partial charge in [0.15, 0.2) is 5.13 Å². The van der Waals surface area contributed by atoms with E-state index >= 15 is 0 Å². The molecule has 0 aliphatic carbocycles. The van der Waals surface area contributed by atoms with Crippen molar-refractivity contribution >= 4 is 28.1 Å². The third-order valence-electron chi connectivity index (χ3n) is 6.73. The fourth-order valence-electron chi connectivity index (χ4n) is 4.71. The number of ether oxygens (including phenoxy) is 2. The molecule has 1 aromatic heterocycles. The van der Waals surface area contributed by atoms with Crippen LogP contribution in [0.3, 0.4) is 0 Å². The summed E-state index contributed by atoms with van der Waals surface area (Å²) in [6.45, 7) is -0.00166. The minimum absolute atomic E-state index is 0.00166. The zero-order valence-corrected chi connectivity index (χ0v) is 23.9. The van der Waals surface area contributed by atoms with E-state index in [1.807, 2.05) is 54.6 Å². The van der Waals surface area contributed by atoms with Crippen LogP contribution in [0, 0.1) is 0 Å². The van der Waals surface area contributed by atoms with Gasteiger partial charge < -0.3 is 24.7 Å². The third kappa shape index (κ3) is 5.96. The minimum Gasteiger partial charge on any atom is -0.497 e. The first-order chi connectivity index (χ1) is 20.5. The molecule has 0 atom stereocenters. The Balaban J connectivity index is 1.49. The van der Waals surface area contributed by atoms with Crippen LogP contribution in [-0.4, -0.2) is 36.0 Å². The van der Waals surface area contributed by atoms with Gasteiger partial charge in [-0.2, -0.15) is 0 Å². The number of carboxylic acids is 1. The molecule has 0 fully saturated rings. The second-order valence-corrected chi connectivity index (χ2v) is 10.1. The van der Waals surface area contributed by atoms with Crippen molar-refractivity contribution < 1.29 is 24.2 Å². The molecule has 0 unspecified atom stereocenters. The normalized spacial score (nSPS) is 11.5. The van der Waals surface area contributed by atoms with Crippen molar-refractivity contribution in [2.45, 2.75) is 12.1 Å². The van der Waals surface area contributed by atoms with Gasteiger partial charge in [0.25, 0.3) is 0 Å². The lowest BCUT2D eigenvalue weighted by atomic mass is 9.77. The summed E-state index contributed by atoms with van der Waals surface area (Å²) in [6.07, 6.45) is 0.